The van der Waals surface area contributed by atoms with Gasteiger partial charge < -0.3 is 15.0 Å². The number of nitrogens with zero attached hydrogens (tertiary/aromatic N) is 1. The smallest absolute Gasteiger partial charge is 0.246 e. The number of carbonyl (C=O) groups excluding carboxylic acids is 2. The van der Waals surface area contributed by atoms with Crippen LogP contribution in [-0.2, 0) is 14.3 Å². The van der Waals surface area contributed by atoms with Gasteiger partial charge in [-0.15, -0.1) is 0 Å². The Morgan fingerprint density at radius 1 is 1.21 bits per heavy atom. The molecule has 0 aromatic rings. The minimum atomic E-state index is -0.344. The molecule has 106 valence electrons. The Bertz CT molecular complexity index is 394. The molecule has 4 unspecified atom stereocenters. The summed E-state index contributed by atoms with van der Waals surface area (Å²) in [5.74, 6) is 0.486. The molecule has 4 atom stereocenters. The maximum atomic E-state index is 12.6. The molecule has 0 aromatic carbocycles. The van der Waals surface area contributed by atoms with Crippen molar-refractivity contribution in [1.29, 1.82) is 0 Å². The summed E-state index contributed by atoms with van der Waals surface area (Å²) >= 11 is 0. The molecule has 3 rings (SSSR count). The summed E-state index contributed by atoms with van der Waals surface area (Å²) in [5, 5.41) is 2.90. The first-order valence-corrected chi connectivity index (χ1v) is 7.27. The first-order valence-electron chi connectivity index (χ1n) is 7.27. The number of methoxy groups -OCH3 is 1. The largest absolute Gasteiger partial charge is 0.381 e. The van der Waals surface area contributed by atoms with E-state index in [1.54, 1.807) is 7.11 Å². The first kappa shape index (κ1) is 12.9. The Morgan fingerprint density at radius 3 is 2.53 bits per heavy atom. The van der Waals surface area contributed by atoms with Gasteiger partial charge in [0, 0.05) is 13.2 Å². The maximum absolute atomic E-state index is 12.6. The van der Waals surface area contributed by atoms with Crippen molar-refractivity contribution in [1.82, 2.24) is 10.2 Å². The molecule has 2 saturated carbocycles. The van der Waals surface area contributed by atoms with Crippen molar-refractivity contribution in [2.45, 2.75) is 63.3 Å². The summed E-state index contributed by atoms with van der Waals surface area (Å²) < 4.78 is 5.38. The molecule has 19 heavy (non-hydrogen) atoms. The Kier molecular flexibility index (Phi) is 3.25. The number of hydrogen-bond donors (Lipinski definition) is 1. The number of hydrogen-bond acceptors (Lipinski definition) is 3. The lowest BCUT2D eigenvalue weighted by Gasteiger charge is -2.41. The van der Waals surface area contributed by atoms with E-state index in [0.29, 0.717) is 5.92 Å². The molecule has 1 saturated heterocycles. The van der Waals surface area contributed by atoms with Gasteiger partial charge in [0.15, 0.2) is 0 Å². The zero-order chi connectivity index (χ0) is 13.6. The summed E-state index contributed by atoms with van der Waals surface area (Å²) in [6, 6.07) is -0.451. The third-order valence-corrected chi connectivity index (χ3v) is 4.79. The van der Waals surface area contributed by atoms with E-state index in [2.05, 4.69) is 5.32 Å². The van der Waals surface area contributed by atoms with Crippen molar-refractivity contribution in [3.05, 3.63) is 0 Å². The van der Waals surface area contributed by atoms with Crippen LogP contribution in [0.2, 0.25) is 0 Å². The molecule has 5 nitrogen and oxygen atoms in total. The highest BCUT2D eigenvalue weighted by Gasteiger charge is 2.48. The molecule has 2 amide bonds. The fourth-order valence-electron chi connectivity index (χ4n) is 3.44. The number of piperazine rings is 1. The summed E-state index contributed by atoms with van der Waals surface area (Å²) in [6.07, 6.45) is 5.13. The van der Waals surface area contributed by atoms with E-state index in [4.69, 9.17) is 4.74 Å². The third kappa shape index (κ3) is 2.24. The molecule has 0 aromatic heterocycles. The van der Waals surface area contributed by atoms with E-state index in [9.17, 15) is 9.59 Å². The van der Waals surface area contributed by atoms with Crippen molar-refractivity contribution >= 4 is 11.8 Å². The van der Waals surface area contributed by atoms with Crippen LogP contribution in [0, 0.1) is 5.92 Å². The fraction of sp³-hybridized carbons (Fsp3) is 0.857. The van der Waals surface area contributed by atoms with E-state index >= 15 is 0 Å². The van der Waals surface area contributed by atoms with Gasteiger partial charge >= 0.3 is 0 Å². The molecule has 0 radical (unpaired) electrons. The average molecular weight is 266 g/mol. The Balaban J connectivity index is 1.77. The van der Waals surface area contributed by atoms with Gasteiger partial charge in [-0.25, -0.2) is 0 Å². The Hall–Kier alpha value is -1.10. The topological polar surface area (TPSA) is 58.6 Å². The SMILES string of the molecule is COC1CCC(N2C(=O)C(C3CC3)NC(=O)C2C)C1. The van der Waals surface area contributed by atoms with Crippen LogP contribution in [0.3, 0.4) is 0 Å². The first-order chi connectivity index (χ1) is 9.11. The van der Waals surface area contributed by atoms with Crippen molar-refractivity contribution in [3.8, 4) is 0 Å². The lowest BCUT2D eigenvalue weighted by molar-refractivity contribution is -0.152. The quantitative estimate of drug-likeness (QED) is 0.817. The highest BCUT2D eigenvalue weighted by molar-refractivity contribution is 5.97. The molecule has 3 fully saturated rings. The van der Waals surface area contributed by atoms with Crippen LogP contribution in [0.15, 0.2) is 0 Å². The number of rotatable bonds is 3. The van der Waals surface area contributed by atoms with Crippen molar-refractivity contribution < 1.29 is 14.3 Å². The van der Waals surface area contributed by atoms with Crippen molar-refractivity contribution in [2.75, 3.05) is 7.11 Å². The number of nitrogens with one attached hydrogen (secondary N) is 1. The molecule has 0 spiro atoms. The molecule has 5 heteroatoms. The molecule has 1 N–H and O–H groups in total. The minimum Gasteiger partial charge on any atom is -0.381 e. The van der Waals surface area contributed by atoms with Gasteiger partial charge in [0.05, 0.1) is 6.10 Å². The van der Waals surface area contributed by atoms with Crippen LogP contribution in [0.1, 0.15) is 39.0 Å². The third-order valence-electron chi connectivity index (χ3n) is 4.79. The monoisotopic (exact) mass is 266 g/mol. The second-order valence-electron chi connectivity index (χ2n) is 6.07. The van der Waals surface area contributed by atoms with E-state index in [-0.39, 0.29) is 36.0 Å². The zero-order valence-electron chi connectivity index (χ0n) is 11.6. The number of amides is 2. The van der Waals surface area contributed by atoms with Gasteiger partial charge in [0.2, 0.25) is 11.8 Å². The van der Waals surface area contributed by atoms with Crippen molar-refractivity contribution in [2.24, 2.45) is 5.92 Å². The summed E-state index contributed by atoms with van der Waals surface area (Å²) in [7, 11) is 1.72. The van der Waals surface area contributed by atoms with Crippen LogP contribution in [0.5, 0.6) is 0 Å². The van der Waals surface area contributed by atoms with Gasteiger partial charge in [0.25, 0.3) is 0 Å². The van der Waals surface area contributed by atoms with Gasteiger partial charge in [-0.1, -0.05) is 0 Å². The van der Waals surface area contributed by atoms with Gasteiger partial charge in [0.1, 0.15) is 12.1 Å². The van der Waals surface area contributed by atoms with Crippen LogP contribution in [-0.4, -0.2) is 48.1 Å². The molecular weight excluding hydrogens is 244 g/mol. The number of ether oxygens (including phenoxy) is 1. The molecular formula is C14H22N2O3. The van der Waals surface area contributed by atoms with Crippen LogP contribution in [0.25, 0.3) is 0 Å². The van der Waals surface area contributed by atoms with E-state index < -0.39 is 0 Å². The van der Waals surface area contributed by atoms with E-state index in [1.807, 2.05) is 11.8 Å². The summed E-state index contributed by atoms with van der Waals surface area (Å²) in [5.41, 5.74) is 0. The normalized spacial score (nSPS) is 39.6. The zero-order valence-corrected chi connectivity index (χ0v) is 11.6. The molecule has 0 bridgehead atoms. The molecule has 1 heterocycles. The highest BCUT2D eigenvalue weighted by atomic mass is 16.5. The van der Waals surface area contributed by atoms with Crippen LogP contribution >= 0.6 is 0 Å². The second kappa shape index (κ2) is 4.78. The van der Waals surface area contributed by atoms with E-state index in [1.165, 1.54) is 0 Å². The lowest BCUT2D eigenvalue weighted by atomic mass is 10.0. The summed E-state index contributed by atoms with van der Waals surface area (Å²) in [4.78, 5) is 26.5. The fourth-order valence-corrected chi connectivity index (χ4v) is 3.44. The Labute approximate surface area is 113 Å². The molecule has 1 aliphatic heterocycles. The lowest BCUT2D eigenvalue weighted by Crippen LogP contribution is -2.65. The highest BCUT2D eigenvalue weighted by Crippen LogP contribution is 2.37. The Morgan fingerprint density at radius 2 is 1.95 bits per heavy atom. The van der Waals surface area contributed by atoms with Gasteiger partial charge in [-0.05, 0) is 44.9 Å². The predicted octanol–water partition coefficient (Wildman–Crippen LogP) is 0.679. The summed E-state index contributed by atoms with van der Waals surface area (Å²) in [6.45, 7) is 1.83. The second-order valence-corrected chi connectivity index (χ2v) is 6.07. The average Bonchev–Trinajstić information content (AvgIpc) is 3.13. The predicted molar refractivity (Wildman–Crippen MR) is 69.4 cm³/mol. The van der Waals surface area contributed by atoms with Crippen LogP contribution < -0.4 is 5.32 Å². The number of carbonyl (C=O) groups is 2. The standard InChI is InChI=1S/C14H22N2O3/c1-8-13(17)15-12(9-3-4-9)14(18)16(8)10-5-6-11(7-10)19-2/h8-12H,3-7H2,1-2H3,(H,15,17). The van der Waals surface area contributed by atoms with Gasteiger partial charge in [-0.3, -0.25) is 9.59 Å². The van der Waals surface area contributed by atoms with E-state index in [0.717, 1.165) is 32.1 Å². The van der Waals surface area contributed by atoms with Crippen molar-refractivity contribution in [3.63, 3.8) is 0 Å². The van der Waals surface area contributed by atoms with Gasteiger partial charge in [-0.2, -0.15) is 0 Å². The molecule has 3 aliphatic rings. The minimum absolute atomic E-state index is 0.00244. The maximum Gasteiger partial charge on any atom is 0.246 e. The molecule has 2 aliphatic carbocycles. The van der Waals surface area contributed by atoms with Crippen LogP contribution in [0.4, 0.5) is 0 Å².